The molecule has 2 heterocycles. The molecule has 4 heteroatoms. The highest BCUT2D eigenvalue weighted by Gasteiger charge is 2.17. The number of benzene rings is 8. The number of aromatic nitrogens is 3. The number of rotatable bonds is 8. The summed E-state index contributed by atoms with van der Waals surface area (Å²) in [7, 11) is 0. The van der Waals surface area contributed by atoms with E-state index in [1.54, 1.807) is 0 Å². The molecule has 54 heavy (non-hydrogen) atoms. The summed E-state index contributed by atoms with van der Waals surface area (Å²) in [5.74, 6) is 2.04. The van der Waals surface area contributed by atoms with E-state index in [1.807, 2.05) is 36.4 Å². The van der Waals surface area contributed by atoms with E-state index in [9.17, 15) is 0 Å². The van der Waals surface area contributed by atoms with Gasteiger partial charge in [-0.2, -0.15) is 0 Å². The highest BCUT2D eigenvalue weighted by molar-refractivity contribution is 6.09. The second-order valence-electron chi connectivity index (χ2n) is 13.9. The molecule has 10 aromatic rings. The van der Waals surface area contributed by atoms with Crippen molar-refractivity contribution < 1.29 is 4.42 Å². The average molecular weight is 694 g/mol. The van der Waals surface area contributed by atoms with Gasteiger partial charge in [0.05, 0.1) is 0 Å². The number of hydrogen-bond acceptors (Lipinski definition) is 4. The van der Waals surface area contributed by atoms with Gasteiger partial charge in [-0.15, -0.1) is 0 Å². The Morgan fingerprint density at radius 3 is 1.80 bits per heavy atom. The maximum atomic E-state index is 6.44. The minimum absolute atomic E-state index is 0.538. The largest absolute Gasteiger partial charge is 0.456 e. The van der Waals surface area contributed by atoms with Crippen molar-refractivity contribution in [2.75, 3.05) is 0 Å². The first kappa shape index (κ1) is 31.8. The number of furan rings is 1. The van der Waals surface area contributed by atoms with Gasteiger partial charge < -0.3 is 4.42 Å². The van der Waals surface area contributed by atoms with Crippen LogP contribution in [0.5, 0.6) is 0 Å². The molecule has 0 aliphatic carbocycles. The van der Waals surface area contributed by atoms with Gasteiger partial charge in [0, 0.05) is 28.3 Å². The summed E-state index contributed by atoms with van der Waals surface area (Å²) in [6.07, 6.45) is 2.41. The normalized spacial score (nSPS) is 11.6. The Balaban J connectivity index is 1.01. The zero-order chi connectivity index (χ0) is 35.8. The predicted molar refractivity (Wildman–Crippen MR) is 222 cm³/mol. The molecule has 0 radical (unpaired) electrons. The van der Waals surface area contributed by atoms with Crippen molar-refractivity contribution in [3.63, 3.8) is 0 Å². The Kier molecular flexibility index (Phi) is 7.99. The fraction of sp³-hybridized carbons (Fsp3) is 0.0600. The molecule has 0 saturated heterocycles. The van der Waals surface area contributed by atoms with Crippen LogP contribution in [0.25, 0.3) is 77.4 Å². The third kappa shape index (κ3) is 5.98. The predicted octanol–water partition coefficient (Wildman–Crippen LogP) is 12.5. The minimum Gasteiger partial charge on any atom is -0.456 e. The molecule has 8 aromatic carbocycles. The van der Waals surface area contributed by atoms with E-state index in [2.05, 4.69) is 140 Å². The quantitative estimate of drug-likeness (QED) is 0.149. The van der Waals surface area contributed by atoms with Crippen LogP contribution in [0, 0.1) is 0 Å². The monoisotopic (exact) mass is 693 g/mol. The Morgan fingerprint density at radius 1 is 0.389 bits per heavy atom. The minimum atomic E-state index is 0.538. The van der Waals surface area contributed by atoms with Gasteiger partial charge in [0.2, 0.25) is 0 Å². The Morgan fingerprint density at radius 2 is 1.02 bits per heavy atom. The van der Waals surface area contributed by atoms with Crippen LogP contribution in [0.2, 0.25) is 0 Å². The standard InChI is InChI=1S/C50H35N3O/c1-3-12-34(13-4-1)35-25-27-37(28-26-35)50-52-47(51-49(53-50)36-14-5-2-6-15-36)32-40-17-11-21-46-48(40)44-30-33(23-29-45(44)54-46)22-24-39-31-38-16-7-8-18-41(38)43-20-10-9-19-42(39)43/h1-21,23,25-31H,22,24,32H2. The van der Waals surface area contributed by atoms with E-state index >= 15 is 0 Å². The molecular formula is C50H35N3O. The van der Waals surface area contributed by atoms with Gasteiger partial charge in [-0.3, -0.25) is 0 Å². The van der Waals surface area contributed by atoms with Crippen LogP contribution in [-0.2, 0) is 19.3 Å². The molecule has 0 fully saturated rings. The summed E-state index contributed by atoms with van der Waals surface area (Å²) < 4.78 is 6.44. The van der Waals surface area contributed by atoms with Gasteiger partial charge in [0.25, 0.3) is 0 Å². The van der Waals surface area contributed by atoms with Gasteiger partial charge in [0.15, 0.2) is 11.6 Å². The van der Waals surface area contributed by atoms with E-state index in [0.29, 0.717) is 23.9 Å². The van der Waals surface area contributed by atoms with Crippen molar-refractivity contribution in [3.8, 4) is 33.9 Å². The first-order chi connectivity index (χ1) is 26.7. The van der Waals surface area contributed by atoms with Crippen molar-refractivity contribution in [3.05, 3.63) is 198 Å². The van der Waals surface area contributed by atoms with Crippen LogP contribution in [0.3, 0.4) is 0 Å². The molecule has 0 atom stereocenters. The lowest BCUT2D eigenvalue weighted by Gasteiger charge is -2.11. The lowest BCUT2D eigenvalue weighted by Crippen LogP contribution is -2.04. The van der Waals surface area contributed by atoms with Crippen molar-refractivity contribution >= 4 is 43.5 Å². The summed E-state index contributed by atoms with van der Waals surface area (Å²) in [6, 6.07) is 61.8. The van der Waals surface area contributed by atoms with Crippen LogP contribution < -0.4 is 0 Å². The number of nitrogens with zero attached hydrogens (tertiary/aromatic N) is 3. The Hall–Kier alpha value is -6.91. The molecule has 10 rings (SSSR count). The first-order valence-corrected chi connectivity index (χ1v) is 18.5. The molecule has 0 saturated carbocycles. The molecule has 256 valence electrons. The van der Waals surface area contributed by atoms with E-state index in [1.165, 1.54) is 38.2 Å². The molecule has 2 aromatic heterocycles. The van der Waals surface area contributed by atoms with Crippen LogP contribution in [0.15, 0.2) is 180 Å². The average Bonchev–Trinajstić information content (AvgIpc) is 3.62. The maximum absolute atomic E-state index is 6.44. The summed E-state index contributed by atoms with van der Waals surface area (Å²) in [5.41, 5.74) is 9.77. The highest BCUT2D eigenvalue weighted by Crippen LogP contribution is 2.35. The topological polar surface area (TPSA) is 51.8 Å². The molecular weight excluding hydrogens is 659 g/mol. The smallest absolute Gasteiger partial charge is 0.163 e. The summed E-state index contributed by atoms with van der Waals surface area (Å²) in [4.78, 5) is 15.1. The van der Waals surface area contributed by atoms with Gasteiger partial charge in [-0.1, -0.05) is 158 Å². The van der Waals surface area contributed by atoms with Crippen molar-refractivity contribution in [1.29, 1.82) is 0 Å². The molecule has 0 spiro atoms. The first-order valence-electron chi connectivity index (χ1n) is 18.5. The Labute approximate surface area is 313 Å². The van der Waals surface area contributed by atoms with Gasteiger partial charge >= 0.3 is 0 Å². The summed E-state index contributed by atoms with van der Waals surface area (Å²) in [6.45, 7) is 0. The van der Waals surface area contributed by atoms with Crippen LogP contribution in [-0.4, -0.2) is 15.0 Å². The number of aryl methyl sites for hydroxylation is 2. The van der Waals surface area contributed by atoms with Gasteiger partial charge in [-0.05, 0) is 80.4 Å². The van der Waals surface area contributed by atoms with Crippen molar-refractivity contribution in [2.24, 2.45) is 0 Å². The highest BCUT2D eigenvalue weighted by atomic mass is 16.3. The second kappa shape index (κ2) is 13.6. The second-order valence-corrected chi connectivity index (χ2v) is 13.9. The van der Waals surface area contributed by atoms with Crippen LogP contribution >= 0.6 is 0 Å². The fourth-order valence-electron chi connectivity index (χ4n) is 7.82. The van der Waals surface area contributed by atoms with Gasteiger partial charge in [-0.25, -0.2) is 15.0 Å². The molecule has 0 amide bonds. The molecule has 0 aliphatic rings. The lowest BCUT2D eigenvalue weighted by atomic mass is 9.93. The molecule has 0 bridgehead atoms. The van der Waals surface area contributed by atoms with E-state index in [0.717, 1.165) is 57.0 Å². The maximum Gasteiger partial charge on any atom is 0.163 e. The van der Waals surface area contributed by atoms with E-state index in [4.69, 9.17) is 19.4 Å². The van der Waals surface area contributed by atoms with E-state index < -0.39 is 0 Å². The molecule has 0 aliphatic heterocycles. The number of fused-ring (bicyclic) bond motifs is 6. The van der Waals surface area contributed by atoms with Crippen LogP contribution in [0.4, 0.5) is 0 Å². The Bertz CT molecular complexity index is 2950. The van der Waals surface area contributed by atoms with Crippen molar-refractivity contribution in [1.82, 2.24) is 15.0 Å². The third-order valence-electron chi connectivity index (χ3n) is 10.5. The molecule has 0 N–H and O–H groups in total. The fourth-order valence-corrected chi connectivity index (χ4v) is 7.82. The zero-order valence-corrected chi connectivity index (χ0v) is 29.6. The number of hydrogen-bond donors (Lipinski definition) is 0. The molecule has 4 nitrogen and oxygen atoms in total. The lowest BCUT2D eigenvalue weighted by molar-refractivity contribution is 0.668. The van der Waals surface area contributed by atoms with Crippen molar-refractivity contribution in [2.45, 2.75) is 19.3 Å². The zero-order valence-electron chi connectivity index (χ0n) is 29.6. The molecule has 0 unspecified atom stereocenters. The van der Waals surface area contributed by atoms with Crippen LogP contribution in [0.1, 0.15) is 22.5 Å². The van der Waals surface area contributed by atoms with E-state index in [-0.39, 0.29) is 0 Å². The van der Waals surface area contributed by atoms with Gasteiger partial charge in [0.1, 0.15) is 17.0 Å². The summed E-state index contributed by atoms with van der Waals surface area (Å²) >= 11 is 0. The third-order valence-corrected chi connectivity index (χ3v) is 10.5. The summed E-state index contributed by atoms with van der Waals surface area (Å²) in [5, 5.41) is 7.46. The SMILES string of the molecule is c1ccc(-c2ccc(-c3nc(Cc4cccc5oc6ccc(CCc7cc8ccccc8c8ccccc78)cc6c45)nc(-c4ccccc4)n3)cc2)cc1.